The highest BCUT2D eigenvalue weighted by atomic mass is 16.3. The predicted octanol–water partition coefficient (Wildman–Crippen LogP) is 3.08. The van der Waals surface area contributed by atoms with E-state index in [1.807, 2.05) is 24.6 Å². The highest BCUT2D eigenvalue weighted by Crippen LogP contribution is 2.29. The molecule has 0 aliphatic heterocycles. The van der Waals surface area contributed by atoms with E-state index in [2.05, 4.69) is 5.10 Å². The van der Waals surface area contributed by atoms with Crippen molar-refractivity contribution in [3.05, 3.63) is 47.3 Å². The first-order chi connectivity index (χ1) is 9.90. The van der Waals surface area contributed by atoms with Crippen LogP contribution in [0, 0.1) is 6.92 Å². The van der Waals surface area contributed by atoms with Gasteiger partial charge in [0.2, 0.25) is 0 Å². The third kappa shape index (κ3) is 3.13. The first kappa shape index (κ1) is 14.8. The van der Waals surface area contributed by atoms with Crippen LogP contribution in [0.1, 0.15) is 41.5 Å². The Balaban J connectivity index is 2.25. The number of rotatable bonds is 4. The Labute approximate surface area is 123 Å². The molecule has 21 heavy (non-hydrogen) atoms. The Kier molecular flexibility index (Phi) is 4.12. The van der Waals surface area contributed by atoms with Gasteiger partial charge >= 0.3 is 0 Å². The number of nitrogens with zero attached hydrogens (tertiary/aromatic N) is 2. The molecule has 0 atom stereocenters. The van der Waals surface area contributed by atoms with E-state index in [0.29, 0.717) is 11.1 Å². The second-order valence-corrected chi connectivity index (χ2v) is 5.15. The summed E-state index contributed by atoms with van der Waals surface area (Å²) in [6.45, 7) is 5.64. The van der Waals surface area contributed by atoms with E-state index >= 15 is 0 Å². The average molecular weight is 286 g/mol. The lowest BCUT2D eigenvalue weighted by Gasteiger charge is -2.07. The fourth-order valence-electron chi connectivity index (χ4n) is 2.05. The van der Waals surface area contributed by atoms with Crippen molar-refractivity contribution in [2.45, 2.75) is 26.8 Å². The maximum atomic E-state index is 12.1. The molecule has 0 radical (unpaired) electrons. The van der Waals surface area contributed by atoms with Crippen LogP contribution >= 0.6 is 0 Å². The molecule has 2 rings (SSSR count). The third-order valence-electron chi connectivity index (χ3n) is 3.16. The van der Waals surface area contributed by atoms with Gasteiger partial charge in [0.25, 0.3) is 0 Å². The predicted molar refractivity (Wildman–Crippen MR) is 80.5 cm³/mol. The lowest BCUT2D eigenvalue weighted by Crippen LogP contribution is -2.04. The molecule has 1 aromatic heterocycles. The number of aryl methyl sites for hydroxylation is 1. The smallest absolute Gasteiger partial charge is 0.186 e. The first-order valence-electron chi connectivity index (χ1n) is 6.68. The summed E-state index contributed by atoms with van der Waals surface area (Å²) in [5.74, 6) is -0.739. The van der Waals surface area contributed by atoms with E-state index in [0.717, 1.165) is 5.69 Å². The van der Waals surface area contributed by atoms with Gasteiger partial charge < -0.3 is 10.2 Å². The molecule has 110 valence electrons. The molecule has 0 saturated carbocycles. The third-order valence-corrected chi connectivity index (χ3v) is 3.16. The maximum absolute atomic E-state index is 12.1. The molecule has 1 aromatic carbocycles. The standard InChI is InChI=1S/C16H18N2O3/c1-10(2)18-13(6-7-17-18)4-5-14(19)12-8-11(3)16(21)15(20)9-12/h4-10,20-21H,1-3H3/b5-4+. The average Bonchev–Trinajstić information content (AvgIpc) is 2.90. The Bertz CT molecular complexity index is 676. The molecular weight excluding hydrogens is 268 g/mol. The van der Waals surface area contributed by atoms with Gasteiger partial charge in [0.05, 0.1) is 5.69 Å². The zero-order valence-electron chi connectivity index (χ0n) is 12.2. The van der Waals surface area contributed by atoms with E-state index < -0.39 is 0 Å². The molecule has 5 nitrogen and oxygen atoms in total. The van der Waals surface area contributed by atoms with Crippen LogP contribution in [0.5, 0.6) is 11.5 Å². The topological polar surface area (TPSA) is 75.4 Å². The van der Waals surface area contributed by atoms with Crippen molar-refractivity contribution in [1.82, 2.24) is 9.78 Å². The number of hydrogen-bond donors (Lipinski definition) is 2. The summed E-state index contributed by atoms with van der Waals surface area (Å²) >= 11 is 0. The summed E-state index contributed by atoms with van der Waals surface area (Å²) < 4.78 is 1.81. The summed E-state index contributed by atoms with van der Waals surface area (Å²) in [6.07, 6.45) is 4.80. The fourth-order valence-corrected chi connectivity index (χ4v) is 2.05. The Morgan fingerprint density at radius 2 is 2.05 bits per heavy atom. The zero-order chi connectivity index (χ0) is 15.6. The van der Waals surface area contributed by atoms with Gasteiger partial charge in [-0.3, -0.25) is 9.48 Å². The minimum absolute atomic E-state index is 0.201. The van der Waals surface area contributed by atoms with Crippen LogP contribution in [0.4, 0.5) is 0 Å². The van der Waals surface area contributed by atoms with E-state index in [-0.39, 0.29) is 23.3 Å². The molecule has 1 heterocycles. The largest absolute Gasteiger partial charge is 0.504 e. The van der Waals surface area contributed by atoms with Crippen molar-refractivity contribution in [3.8, 4) is 11.5 Å². The fraction of sp³-hybridized carbons (Fsp3) is 0.250. The first-order valence-corrected chi connectivity index (χ1v) is 6.68. The number of aromatic hydroxyl groups is 2. The number of benzene rings is 1. The minimum Gasteiger partial charge on any atom is -0.504 e. The minimum atomic E-state index is -0.293. The summed E-state index contributed by atoms with van der Waals surface area (Å²) in [5, 5.41) is 23.2. The van der Waals surface area contributed by atoms with Crippen LogP contribution in [0.3, 0.4) is 0 Å². The van der Waals surface area contributed by atoms with Crippen molar-refractivity contribution in [1.29, 1.82) is 0 Å². The van der Waals surface area contributed by atoms with Gasteiger partial charge in [-0.15, -0.1) is 0 Å². The van der Waals surface area contributed by atoms with E-state index in [1.54, 1.807) is 25.3 Å². The van der Waals surface area contributed by atoms with Crippen molar-refractivity contribution in [2.75, 3.05) is 0 Å². The van der Waals surface area contributed by atoms with Gasteiger partial charge in [-0.25, -0.2) is 0 Å². The van der Waals surface area contributed by atoms with E-state index in [4.69, 9.17) is 0 Å². The van der Waals surface area contributed by atoms with Crippen molar-refractivity contribution in [2.24, 2.45) is 0 Å². The number of phenols is 2. The van der Waals surface area contributed by atoms with Crippen molar-refractivity contribution < 1.29 is 15.0 Å². The number of aromatic nitrogens is 2. The molecule has 0 unspecified atom stereocenters. The monoisotopic (exact) mass is 286 g/mol. The number of allylic oxidation sites excluding steroid dienone is 1. The normalized spacial score (nSPS) is 11.4. The highest BCUT2D eigenvalue weighted by Gasteiger charge is 2.10. The number of ketones is 1. The second kappa shape index (κ2) is 5.83. The molecule has 2 aromatic rings. The number of carbonyl (C=O) groups excluding carboxylic acids is 1. The number of phenolic OH excluding ortho intramolecular Hbond substituents is 2. The molecule has 0 spiro atoms. The molecular formula is C16H18N2O3. The van der Waals surface area contributed by atoms with Crippen LogP contribution in [0.15, 0.2) is 30.5 Å². The van der Waals surface area contributed by atoms with Gasteiger partial charge in [0.1, 0.15) is 0 Å². The molecule has 0 fully saturated rings. The van der Waals surface area contributed by atoms with Gasteiger partial charge in [0, 0.05) is 17.8 Å². The summed E-state index contributed by atoms with van der Waals surface area (Å²) in [7, 11) is 0. The van der Waals surface area contributed by atoms with Crippen LogP contribution in [0.25, 0.3) is 6.08 Å². The summed E-state index contributed by atoms with van der Waals surface area (Å²) in [6, 6.07) is 4.83. The number of hydrogen-bond acceptors (Lipinski definition) is 4. The molecule has 0 saturated heterocycles. The van der Waals surface area contributed by atoms with Gasteiger partial charge in [0.15, 0.2) is 17.3 Å². The highest BCUT2D eigenvalue weighted by molar-refractivity contribution is 6.07. The van der Waals surface area contributed by atoms with Gasteiger partial charge in [-0.1, -0.05) is 0 Å². The SMILES string of the molecule is Cc1cc(C(=O)/C=C/c2ccnn2C(C)C)cc(O)c1O. The molecule has 0 bridgehead atoms. The van der Waals surface area contributed by atoms with Crippen LogP contribution in [-0.2, 0) is 0 Å². The molecule has 0 amide bonds. The Morgan fingerprint density at radius 1 is 1.33 bits per heavy atom. The van der Waals surface area contributed by atoms with Gasteiger partial charge in [-0.2, -0.15) is 5.10 Å². The molecule has 0 aliphatic rings. The number of carbonyl (C=O) groups is 1. The van der Waals surface area contributed by atoms with Crippen LogP contribution < -0.4 is 0 Å². The Hall–Kier alpha value is -2.56. The van der Waals surface area contributed by atoms with E-state index in [9.17, 15) is 15.0 Å². The quantitative estimate of drug-likeness (QED) is 0.514. The van der Waals surface area contributed by atoms with E-state index in [1.165, 1.54) is 12.1 Å². The lowest BCUT2D eigenvalue weighted by molar-refractivity contribution is 0.104. The summed E-state index contributed by atoms with van der Waals surface area (Å²) in [4.78, 5) is 12.1. The Morgan fingerprint density at radius 3 is 2.67 bits per heavy atom. The lowest BCUT2D eigenvalue weighted by atomic mass is 10.1. The zero-order valence-corrected chi connectivity index (χ0v) is 12.2. The van der Waals surface area contributed by atoms with Gasteiger partial charge in [-0.05, 0) is 56.7 Å². The second-order valence-electron chi connectivity index (χ2n) is 5.15. The van der Waals surface area contributed by atoms with Crippen molar-refractivity contribution in [3.63, 3.8) is 0 Å². The summed E-state index contributed by atoms with van der Waals surface area (Å²) in [5.41, 5.74) is 1.62. The van der Waals surface area contributed by atoms with Crippen molar-refractivity contribution >= 4 is 11.9 Å². The molecule has 2 N–H and O–H groups in total. The van der Waals surface area contributed by atoms with Crippen LogP contribution in [0.2, 0.25) is 0 Å². The molecule has 0 aliphatic carbocycles. The maximum Gasteiger partial charge on any atom is 0.186 e. The molecule has 5 heteroatoms. The van der Waals surface area contributed by atoms with Crippen LogP contribution in [-0.4, -0.2) is 25.8 Å².